The topological polar surface area (TPSA) is 15.8 Å². The molecule has 0 unspecified atom stereocenters. The van der Waals surface area contributed by atoms with Gasteiger partial charge in [0.15, 0.2) is 0 Å². The van der Waals surface area contributed by atoms with Crippen LogP contribution in [0.5, 0.6) is 0 Å². The lowest BCUT2D eigenvalue weighted by Crippen LogP contribution is -1.76. The highest BCUT2D eigenvalue weighted by Crippen LogP contribution is 2.38. The molecule has 2 aromatic heterocycles. The van der Waals surface area contributed by atoms with E-state index >= 15 is 0 Å². The van der Waals surface area contributed by atoms with E-state index in [0.29, 0.717) is 0 Å². The fourth-order valence-corrected chi connectivity index (χ4v) is 4.09. The summed E-state index contributed by atoms with van der Waals surface area (Å²) in [4.78, 5) is 4.95. The predicted molar refractivity (Wildman–Crippen MR) is 96.6 cm³/mol. The third-order valence-electron chi connectivity index (χ3n) is 4.31. The SMILES string of the molecule is c1csc(-c2cccc3[nH]c4c5ccccc5ccc4c23)c1. The van der Waals surface area contributed by atoms with Crippen molar-refractivity contribution in [1.29, 1.82) is 0 Å². The quantitative estimate of drug-likeness (QED) is 0.379. The summed E-state index contributed by atoms with van der Waals surface area (Å²) in [6, 6.07) is 23.8. The third kappa shape index (κ3) is 1.59. The Balaban J connectivity index is 2.00. The summed E-state index contributed by atoms with van der Waals surface area (Å²) in [5.41, 5.74) is 3.75. The Hall–Kier alpha value is -2.58. The Morgan fingerprint density at radius 1 is 0.727 bits per heavy atom. The van der Waals surface area contributed by atoms with E-state index in [2.05, 4.69) is 77.1 Å². The summed E-state index contributed by atoms with van der Waals surface area (Å²) in [7, 11) is 0. The average Bonchev–Trinajstić information content (AvgIpc) is 3.22. The van der Waals surface area contributed by atoms with E-state index < -0.39 is 0 Å². The lowest BCUT2D eigenvalue weighted by Gasteiger charge is -2.02. The number of benzene rings is 3. The zero-order valence-corrected chi connectivity index (χ0v) is 12.7. The molecule has 0 bridgehead atoms. The summed E-state index contributed by atoms with van der Waals surface area (Å²) >= 11 is 1.79. The van der Waals surface area contributed by atoms with Gasteiger partial charge in [0.2, 0.25) is 0 Å². The minimum atomic E-state index is 1.21. The summed E-state index contributed by atoms with van der Waals surface area (Å²) in [6.45, 7) is 0. The number of aromatic amines is 1. The van der Waals surface area contributed by atoms with Crippen molar-refractivity contribution in [2.75, 3.05) is 0 Å². The van der Waals surface area contributed by atoms with E-state index in [4.69, 9.17) is 0 Å². The molecule has 1 N–H and O–H groups in total. The Kier molecular flexibility index (Phi) is 2.43. The van der Waals surface area contributed by atoms with Gasteiger partial charge in [-0.3, -0.25) is 0 Å². The smallest absolute Gasteiger partial charge is 0.0544 e. The largest absolute Gasteiger partial charge is 0.354 e. The van der Waals surface area contributed by atoms with Crippen LogP contribution in [0.2, 0.25) is 0 Å². The first-order chi connectivity index (χ1) is 10.9. The minimum absolute atomic E-state index is 1.21. The minimum Gasteiger partial charge on any atom is -0.354 e. The van der Waals surface area contributed by atoms with Gasteiger partial charge >= 0.3 is 0 Å². The Morgan fingerprint density at radius 3 is 2.59 bits per heavy atom. The molecule has 2 heterocycles. The number of fused-ring (bicyclic) bond motifs is 5. The van der Waals surface area contributed by atoms with Gasteiger partial charge in [-0.25, -0.2) is 0 Å². The lowest BCUT2D eigenvalue weighted by atomic mass is 10.0. The first kappa shape index (κ1) is 12.0. The van der Waals surface area contributed by atoms with E-state index in [-0.39, 0.29) is 0 Å². The van der Waals surface area contributed by atoms with Gasteiger partial charge in [0.05, 0.1) is 5.52 Å². The van der Waals surface area contributed by atoms with Crippen LogP contribution in [0.1, 0.15) is 0 Å². The van der Waals surface area contributed by atoms with Crippen molar-refractivity contribution < 1.29 is 0 Å². The summed E-state index contributed by atoms with van der Waals surface area (Å²) in [6.07, 6.45) is 0. The highest BCUT2D eigenvalue weighted by Gasteiger charge is 2.12. The summed E-state index contributed by atoms with van der Waals surface area (Å²) in [5, 5.41) is 7.33. The highest BCUT2D eigenvalue weighted by molar-refractivity contribution is 7.13. The molecule has 0 saturated carbocycles. The molecular formula is C20H13NS. The van der Waals surface area contributed by atoms with Crippen LogP contribution in [0.15, 0.2) is 72.1 Å². The molecule has 22 heavy (non-hydrogen) atoms. The van der Waals surface area contributed by atoms with Gasteiger partial charge in [0.25, 0.3) is 0 Å². The number of nitrogens with one attached hydrogen (secondary N) is 1. The number of aromatic nitrogens is 1. The first-order valence-electron chi connectivity index (χ1n) is 7.38. The van der Waals surface area contributed by atoms with Crippen LogP contribution in [-0.4, -0.2) is 4.98 Å². The molecule has 2 heteroatoms. The molecule has 5 rings (SSSR count). The second-order valence-corrected chi connectivity index (χ2v) is 6.49. The number of hydrogen-bond acceptors (Lipinski definition) is 1. The predicted octanol–water partition coefficient (Wildman–Crippen LogP) is 6.20. The first-order valence-corrected chi connectivity index (χ1v) is 8.26. The molecular weight excluding hydrogens is 286 g/mol. The molecule has 0 spiro atoms. The van der Waals surface area contributed by atoms with Gasteiger partial charge in [-0.05, 0) is 22.9 Å². The maximum absolute atomic E-state index is 3.63. The second-order valence-electron chi connectivity index (χ2n) is 5.54. The molecule has 0 aliphatic heterocycles. The van der Waals surface area contributed by atoms with Gasteiger partial charge in [0, 0.05) is 32.1 Å². The van der Waals surface area contributed by atoms with E-state index in [1.54, 1.807) is 11.3 Å². The second kappa shape index (κ2) is 4.46. The maximum atomic E-state index is 3.63. The molecule has 5 aromatic rings. The molecule has 3 aromatic carbocycles. The van der Waals surface area contributed by atoms with Crippen LogP contribution in [0.3, 0.4) is 0 Å². The molecule has 0 radical (unpaired) electrons. The van der Waals surface area contributed by atoms with Crippen molar-refractivity contribution in [3.05, 3.63) is 72.1 Å². The van der Waals surface area contributed by atoms with Crippen molar-refractivity contribution in [1.82, 2.24) is 4.98 Å². The Labute approximate surface area is 131 Å². The summed E-state index contributed by atoms with van der Waals surface area (Å²) in [5.74, 6) is 0. The molecule has 0 aliphatic rings. The maximum Gasteiger partial charge on any atom is 0.0544 e. The van der Waals surface area contributed by atoms with Crippen LogP contribution in [0, 0.1) is 0 Å². The molecule has 104 valence electrons. The molecule has 1 nitrogen and oxygen atoms in total. The van der Waals surface area contributed by atoms with Crippen molar-refractivity contribution in [3.8, 4) is 10.4 Å². The molecule has 0 aliphatic carbocycles. The molecule has 0 saturated heterocycles. The monoisotopic (exact) mass is 299 g/mol. The molecule has 0 atom stereocenters. The van der Waals surface area contributed by atoms with Crippen LogP contribution < -0.4 is 0 Å². The molecule has 0 amide bonds. The molecule has 0 fully saturated rings. The van der Waals surface area contributed by atoms with Gasteiger partial charge in [-0.1, -0.05) is 54.6 Å². The Morgan fingerprint density at radius 2 is 1.68 bits per heavy atom. The average molecular weight is 299 g/mol. The van der Waals surface area contributed by atoms with E-state index in [9.17, 15) is 0 Å². The van der Waals surface area contributed by atoms with Crippen molar-refractivity contribution in [2.24, 2.45) is 0 Å². The van der Waals surface area contributed by atoms with Crippen LogP contribution in [0.25, 0.3) is 43.0 Å². The van der Waals surface area contributed by atoms with Crippen LogP contribution >= 0.6 is 11.3 Å². The number of rotatable bonds is 1. The van der Waals surface area contributed by atoms with Gasteiger partial charge in [-0.2, -0.15) is 0 Å². The van der Waals surface area contributed by atoms with E-state index in [0.717, 1.165) is 0 Å². The fourth-order valence-electron chi connectivity index (χ4n) is 3.33. The third-order valence-corrected chi connectivity index (χ3v) is 5.21. The van der Waals surface area contributed by atoms with Gasteiger partial charge in [-0.15, -0.1) is 11.3 Å². The van der Waals surface area contributed by atoms with Crippen LogP contribution in [0.4, 0.5) is 0 Å². The standard InChI is InChI=1S/C20H13NS/c1-2-6-14-13(5-1)10-11-16-19-15(18-9-4-12-22-18)7-3-8-17(19)21-20(14)16/h1-12,21H. The summed E-state index contributed by atoms with van der Waals surface area (Å²) < 4.78 is 0. The number of thiophene rings is 1. The normalized spacial score (nSPS) is 11.6. The zero-order valence-electron chi connectivity index (χ0n) is 11.8. The zero-order chi connectivity index (χ0) is 14.5. The number of H-pyrrole nitrogens is 1. The number of hydrogen-bond donors (Lipinski definition) is 1. The van der Waals surface area contributed by atoms with E-state index in [1.807, 2.05) is 0 Å². The van der Waals surface area contributed by atoms with Crippen molar-refractivity contribution in [3.63, 3.8) is 0 Å². The van der Waals surface area contributed by atoms with Crippen molar-refractivity contribution in [2.45, 2.75) is 0 Å². The van der Waals surface area contributed by atoms with Gasteiger partial charge < -0.3 is 4.98 Å². The fraction of sp³-hybridized carbons (Fsp3) is 0. The highest BCUT2D eigenvalue weighted by atomic mass is 32.1. The van der Waals surface area contributed by atoms with Gasteiger partial charge in [0.1, 0.15) is 0 Å². The van der Waals surface area contributed by atoms with Crippen molar-refractivity contribution >= 4 is 43.9 Å². The van der Waals surface area contributed by atoms with Crippen LogP contribution in [-0.2, 0) is 0 Å². The van der Waals surface area contributed by atoms with E-state index in [1.165, 1.54) is 43.0 Å². The Bertz CT molecular complexity index is 1120. The lowest BCUT2D eigenvalue weighted by molar-refractivity contribution is 1.56.